The van der Waals surface area contributed by atoms with Gasteiger partial charge in [-0.15, -0.1) is 0 Å². The standard InChI is InChI=1S/C16H25N3O2/c1-2-3-6-15(20)19-9-4-5-12(11-19)10-14-17-16(18-21-14)13-7-8-13/h12-13H,2-11H2,1H3. The molecule has 0 bridgehead atoms. The monoisotopic (exact) mass is 291 g/mol. The number of hydrogen-bond donors (Lipinski definition) is 0. The van der Waals surface area contributed by atoms with Crippen molar-refractivity contribution in [2.24, 2.45) is 5.92 Å². The number of carbonyl (C=O) groups excluding carboxylic acids is 1. The molecule has 0 radical (unpaired) electrons. The number of rotatable bonds is 6. The van der Waals surface area contributed by atoms with Crippen molar-refractivity contribution < 1.29 is 9.32 Å². The number of nitrogens with zero attached hydrogens (tertiary/aromatic N) is 3. The van der Waals surface area contributed by atoms with Crippen LogP contribution in [0.5, 0.6) is 0 Å². The fourth-order valence-corrected chi connectivity index (χ4v) is 3.05. The van der Waals surface area contributed by atoms with Crippen LogP contribution in [0.3, 0.4) is 0 Å². The van der Waals surface area contributed by atoms with E-state index in [1.807, 2.05) is 4.90 Å². The third-order valence-corrected chi connectivity index (χ3v) is 4.51. The maximum absolute atomic E-state index is 12.1. The van der Waals surface area contributed by atoms with E-state index >= 15 is 0 Å². The first-order valence-electron chi connectivity index (χ1n) is 8.36. The second-order valence-electron chi connectivity index (χ2n) is 6.48. The van der Waals surface area contributed by atoms with Gasteiger partial charge < -0.3 is 9.42 Å². The summed E-state index contributed by atoms with van der Waals surface area (Å²) in [5.74, 6) is 2.96. The van der Waals surface area contributed by atoms with Crippen molar-refractivity contribution in [2.45, 2.75) is 64.2 Å². The van der Waals surface area contributed by atoms with Gasteiger partial charge >= 0.3 is 0 Å². The summed E-state index contributed by atoms with van der Waals surface area (Å²) in [7, 11) is 0. The first-order chi connectivity index (χ1) is 10.3. The van der Waals surface area contributed by atoms with E-state index in [2.05, 4.69) is 17.1 Å². The lowest BCUT2D eigenvalue weighted by Gasteiger charge is -2.32. The van der Waals surface area contributed by atoms with E-state index in [-0.39, 0.29) is 0 Å². The minimum Gasteiger partial charge on any atom is -0.342 e. The third kappa shape index (κ3) is 3.83. The minimum atomic E-state index is 0.311. The van der Waals surface area contributed by atoms with Crippen LogP contribution in [0.2, 0.25) is 0 Å². The molecular weight excluding hydrogens is 266 g/mol. The minimum absolute atomic E-state index is 0.311. The molecule has 3 rings (SSSR count). The molecule has 1 saturated carbocycles. The molecule has 2 fully saturated rings. The average Bonchev–Trinajstić information content (AvgIpc) is 3.25. The first-order valence-corrected chi connectivity index (χ1v) is 8.36. The highest BCUT2D eigenvalue weighted by Crippen LogP contribution is 2.38. The highest BCUT2D eigenvalue weighted by Gasteiger charge is 2.30. The molecule has 1 aliphatic carbocycles. The fraction of sp³-hybridized carbons (Fsp3) is 0.812. The maximum atomic E-state index is 12.1. The summed E-state index contributed by atoms with van der Waals surface area (Å²) in [6, 6.07) is 0. The summed E-state index contributed by atoms with van der Waals surface area (Å²) >= 11 is 0. The first kappa shape index (κ1) is 14.5. The van der Waals surface area contributed by atoms with Crippen LogP contribution >= 0.6 is 0 Å². The predicted octanol–water partition coefficient (Wildman–Crippen LogP) is 2.92. The highest BCUT2D eigenvalue weighted by molar-refractivity contribution is 5.76. The van der Waals surface area contributed by atoms with E-state index in [1.165, 1.54) is 12.8 Å². The lowest BCUT2D eigenvalue weighted by atomic mass is 9.94. The quantitative estimate of drug-likeness (QED) is 0.808. The van der Waals surface area contributed by atoms with Crippen molar-refractivity contribution in [1.29, 1.82) is 0 Å². The zero-order chi connectivity index (χ0) is 14.7. The smallest absolute Gasteiger partial charge is 0.226 e. The van der Waals surface area contributed by atoms with Crippen molar-refractivity contribution in [3.63, 3.8) is 0 Å². The topological polar surface area (TPSA) is 59.2 Å². The molecule has 5 heteroatoms. The Kier molecular flexibility index (Phi) is 4.56. The van der Waals surface area contributed by atoms with E-state index in [9.17, 15) is 4.79 Å². The molecule has 2 heterocycles. The van der Waals surface area contributed by atoms with E-state index in [0.29, 0.717) is 24.2 Å². The van der Waals surface area contributed by atoms with Crippen molar-refractivity contribution in [2.75, 3.05) is 13.1 Å². The Bertz CT molecular complexity index is 482. The van der Waals surface area contributed by atoms with E-state index in [4.69, 9.17) is 4.52 Å². The molecule has 2 aliphatic rings. The molecule has 0 aromatic carbocycles. The van der Waals surface area contributed by atoms with Crippen LogP contribution < -0.4 is 0 Å². The van der Waals surface area contributed by atoms with Crippen LogP contribution in [0.25, 0.3) is 0 Å². The van der Waals surface area contributed by atoms with Crippen LogP contribution in [0.15, 0.2) is 4.52 Å². The van der Waals surface area contributed by atoms with E-state index in [0.717, 1.165) is 56.9 Å². The molecule has 0 spiro atoms. The molecule has 1 saturated heterocycles. The molecule has 21 heavy (non-hydrogen) atoms. The van der Waals surface area contributed by atoms with Gasteiger partial charge in [0.15, 0.2) is 5.82 Å². The SMILES string of the molecule is CCCCC(=O)N1CCCC(Cc2nc(C3CC3)no2)C1. The Hall–Kier alpha value is -1.39. The highest BCUT2D eigenvalue weighted by atomic mass is 16.5. The number of likely N-dealkylation sites (tertiary alicyclic amines) is 1. The third-order valence-electron chi connectivity index (χ3n) is 4.51. The lowest BCUT2D eigenvalue weighted by Crippen LogP contribution is -2.40. The Labute approximate surface area is 126 Å². The average molecular weight is 291 g/mol. The molecule has 1 amide bonds. The maximum Gasteiger partial charge on any atom is 0.226 e. The van der Waals surface area contributed by atoms with Crippen molar-refractivity contribution in [1.82, 2.24) is 15.0 Å². The number of amides is 1. The van der Waals surface area contributed by atoms with Gasteiger partial charge in [0.2, 0.25) is 11.8 Å². The zero-order valence-electron chi connectivity index (χ0n) is 12.9. The number of aromatic nitrogens is 2. The van der Waals surface area contributed by atoms with Gasteiger partial charge in [-0.1, -0.05) is 18.5 Å². The molecule has 5 nitrogen and oxygen atoms in total. The number of unbranched alkanes of at least 4 members (excludes halogenated alkanes) is 1. The van der Waals surface area contributed by atoms with Gasteiger partial charge in [-0.05, 0) is 38.0 Å². The van der Waals surface area contributed by atoms with Gasteiger partial charge in [-0.2, -0.15) is 4.98 Å². The van der Waals surface area contributed by atoms with Crippen molar-refractivity contribution in [3.8, 4) is 0 Å². The van der Waals surface area contributed by atoms with E-state index in [1.54, 1.807) is 0 Å². The summed E-state index contributed by atoms with van der Waals surface area (Å²) in [6.07, 6.45) is 8.21. The number of piperidine rings is 1. The second kappa shape index (κ2) is 6.58. The van der Waals surface area contributed by atoms with Crippen LogP contribution in [-0.2, 0) is 11.2 Å². The van der Waals surface area contributed by atoms with Crippen LogP contribution in [0.4, 0.5) is 0 Å². The lowest BCUT2D eigenvalue weighted by molar-refractivity contribution is -0.133. The zero-order valence-corrected chi connectivity index (χ0v) is 12.9. The summed E-state index contributed by atoms with van der Waals surface area (Å²) in [4.78, 5) is 18.7. The largest absolute Gasteiger partial charge is 0.342 e. The van der Waals surface area contributed by atoms with Gasteiger partial charge in [0.05, 0.1) is 0 Å². The molecule has 1 aliphatic heterocycles. The summed E-state index contributed by atoms with van der Waals surface area (Å²) in [5, 5.41) is 4.07. The Balaban J connectivity index is 1.51. The Morgan fingerprint density at radius 2 is 2.24 bits per heavy atom. The molecule has 1 aromatic heterocycles. The molecule has 1 atom stereocenters. The molecule has 1 aromatic rings. The second-order valence-corrected chi connectivity index (χ2v) is 6.48. The Morgan fingerprint density at radius 3 is 3.00 bits per heavy atom. The van der Waals surface area contributed by atoms with E-state index < -0.39 is 0 Å². The fourth-order valence-electron chi connectivity index (χ4n) is 3.05. The van der Waals surface area contributed by atoms with Gasteiger partial charge in [0.25, 0.3) is 0 Å². The molecule has 116 valence electrons. The summed E-state index contributed by atoms with van der Waals surface area (Å²) in [6.45, 7) is 3.89. The Morgan fingerprint density at radius 1 is 1.38 bits per heavy atom. The summed E-state index contributed by atoms with van der Waals surface area (Å²) < 4.78 is 5.36. The molecule has 1 unspecified atom stereocenters. The summed E-state index contributed by atoms with van der Waals surface area (Å²) in [5.41, 5.74) is 0. The molecule has 0 N–H and O–H groups in total. The van der Waals surface area contributed by atoms with Crippen molar-refractivity contribution >= 4 is 5.91 Å². The normalized spacial score (nSPS) is 22.5. The van der Waals surface area contributed by atoms with Gasteiger partial charge in [-0.25, -0.2) is 0 Å². The van der Waals surface area contributed by atoms with Gasteiger partial charge in [0, 0.05) is 31.8 Å². The van der Waals surface area contributed by atoms with Gasteiger partial charge in [0.1, 0.15) is 0 Å². The molecular formula is C16H25N3O2. The number of hydrogen-bond acceptors (Lipinski definition) is 4. The van der Waals surface area contributed by atoms with Crippen LogP contribution in [0, 0.1) is 5.92 Å². The number of carbonyl (C=O) groups is 1. The van der Waals surface area contributed by atoms with Crippen LogP contribution in [0.1, 0.15) is 69.5 Å². The predicted molar refractivity (Wildman–Crippen MR) is 78.8 cm³/mol. The van der Waals surface area contributed by atoms with Crippen LogP contribution in [-0.4, -0.2) is 34.0 Å². The van der Waals surface area contributed by atoms with Crippen molar-refractivity contribution in [3.05, 3.63) is 11.7 Å². The van der Waals surface area contributed by atoms with Gasteiger partial charge in [-0.3, -0.25) is 4.79 Å².